The molecular formula is C12H20N2O. The number of nitrogens with zero attached hydrogens (tertiary/aromatic N) is 1. The first-order valence-corrected chi connectivity index (χ1v) is 5.88. The lowest BCUT2D eigenvalue weighted by molar-refractivity contribution is -0.128. The SMILES string of the molecule is CCC(C#N)(CC)C(=O)NCCC1CC1. The minimum Gasteiger partial charge on any atom is -0.355 e. The second-order valence-electron chi connectivity index (χ2n) is 4.39. The number of nitriles is 1. The summed E-state index contributed by atoms with van der Waals surface area (Å²) in [7, 11) is 0. The van der Waals surface area contributed by atoms with E-state index in [0.717, 1.165) is 18.9 Å². The Balaban J connectivity index is 2.37. The van der Waals surface area contributed by atoms with Crippen molar-refractivity contribution in [3.05, 3.63) is 0 Å². The van der Waals surface area contributed by atoms with E-state index in [1.165, 1.54) is 12.8 Å². The van der Waals surface area contributed by atoms with Crippen molar-refractivity contribution in [2.24, 2.45) is 11.3 Å². The number of carbonyl (C=O) groups is 1. The number of hydrogen-bond acceptors (Lipinski definition) is 2. The predicted octanol–water partition coefficient (Wildman–Crippen LogP) is 2.23. The molecule has 1 rings (SSSR count). The van der Waals surface area contributed by atoms with Gasteiger partial charge in [0.25, 0.3) is 0 Å². The van der Waals surface area contributed by atoms with E-state index in [0.29, 0.717) is 12.8 Å². The Morgan fingerprint density at radius 3 is 2.47 bits per heavy atom. The van der Waals surface area contributed by atoms with Crippen LogP contribution in [0.3, 0.4) is 0 Å². The molecule has 0 aliphatic heterocycles. The highest BCUT2D eigenvalue weighted by Crippen LogP contribution is 2.32. The van der Waals surface area contributed by atoms with Crippen LogP contribution in [0.25, 0.3) is 0 Å². The van der Waals surface area contributed by atoms with E-state index in [4.69, 9.17) is 5.26 Å². The zero-order chi connectivity index (χ0) is 11.3. The maximum atomic E-state index is 11.8. The smallest absolute Gasteiger partial charge is 0.240 e. The van der Waals surface area contributed by atoms with Gasteiger partial charge in [-0.3, -0.25) is 4.79 Å². The van der Waals surface area contributed by atoms with E-state index in [1.54, 1.807) is 0 Å². The summed E-state index contributed by atoms with van der Waals surface area (Å²) in [4.78, 5) is 11.8. The Kier molecular flexibility index (Phi) is 4.14. The van der Waals surface area contributed by atoms with Crippen LogP contribution in [0.2, 0.25) is 0 Å². The Hall–Kier alpha value is -1.04. The van der Waals surface area contributed by atoms with Gasteiger partial charge >= 0.3 is 0 Å². The van der Waals surface area contributed by atoms with Gasteiger partial charge in [0.15, 0.2) is 0 Å². The van der Waals surface area contributed by atoms with Crippen LogP contribution in [0.1, 0.15) is 46.0 Å². The molecule has 0 heterocycles. The molecule has 1 amide bonds. The van der Waals surface area contributed by atoms with Crippen molar-refractivity contribution in [3.8, 4) is 6.07 Å². The first-order valence-electron chi connectivity index (χ1n) is 5.88. The van der Waals surface area contributed by atoms with Crippen molar-refractivity contribution in [1.29, 1.82) is 5.26 Å². The van der Waals surface area contributed by atoms with E-state index >= 15 is 0 Å². The first-order chi connectivity index (χ1) is 7.18. The van der Waals surface area contributed by atoms with Crippen molar-refractivity contribution < 1.29 is 4.79 Å². The molecule has 0 saturated heterocycles. The molecule has 0 spiro atoms. The van der Waals surface area contributed by atoms with Gasteiger partial charge < -0.3 is 5.32 Å². The number of amides is 1. The highest BCUT2D eigenvalue weighted by molar-refractivity contribution is 5.85. The average molecular weight is 208 g/mol. The summed E-state index contributed by atoms with van der Waals surface area (Å²) in [6, 6.07) is 2.16. The number of hydrogen-bond donors (Lipinski definition) is 1. The van der Waals surface area contributed by atoms with Gasteiger partial charge in [-0.05, 0) is 25.2 Å². The molecular weight excluding hydrogens is 188 g/mol. The van der Waals surface area contributed by atoms with E-state index in [9.17, 15) is 4.79 Å². The molecule has 0 bridgehead atoms. The molecule has 3 heteroatoms. The van der Waals surface area contributed by atoms with E-state index < -0.39 is 5.41 Å². The quantitative estimate of drug-likeness (QED) is 0.727. The molecule has 15 heavy (non-hydrogen) atoms. The zero-order valence-electron chi connectivity index (χ0n) is 9.68. The molecule has 0 radical (unpaired) electrons. The lowest BCUT2D eigenvalue weighted by Gasteiger charge is -2.22. The molecule has 3 nitrogen and oxygen atoms in total. The summed E-state index contributed by atoms with van der Waals surface area (Å²) in [6.07, 6.45) is 4.87. The largest absolute Gasteiger partial charge is 0.355 e. The third-order valence-corrected chi connectivity index (χ3v) is 3.39. The fraction of sp³-hybridized carbons (Fsp3) is 0.833. The summed E-state index contributed by atoms with van der Waals surface area (Å²) in [5.74, 6) is 0.737. The standard InChI is InChI=1S/C12H20N2O/c1-3-12(4-2,9-13)11(15)14-8-7-10-5-6-10/h10H,3-8H2,1-2H3,(H,14,15). The summed E-state index contributed by atoms with van der Waals surface area (Å²) in [5.41, 5.74) is -0.802. The Labute approximate surface area is 91.9 Å². The van der Waals surface area contributed by atoms with Crippen LogP contribution in [-0.2, 0) is 4.79 Å². The van der Waals surface area contributed by atoms with Crippen molar-refractivity contribution in [1.82, 2.24) is 5.32 Å². The van der Waals surface area contributed by atoms with Crippen LogP contribution in [0.4, 0.5) is 0 Å². The first kappa shape index (κ1) is 12.0. The van der Waals surface area contributed by atoms with Crippen LogP contribution in [0.5, 0.6) is 0 Å². The fourth-order valence-corrected chi connectivity index (χ4v) is 1.75. The van der Waals surface area contributed by atoms with Gasteiger partial charge in [0.2, 0.25) is 5.91 Å². The predicted molar refractivity (Wildman–Crippen MR) is 59.0 cm³/mol. The lowest BCUT2D eigenvalue weighted by Crippen LogP contribution is -2.39. The van der Waals surface area contributed by atoms with Crippen LogP contribution >= 0.6 is 0 Å². The van der Waals surface area contributed by atoms with Gasteiger partial charge in [-0.15, -0.1) is 0 Å². The summed E-state index contributed by atoms with van der Waals surface area (Å²) in [6.45, 7) is 4.52. The van der Waals surface area contributed by atoms with E-state index in [2.05, 4.69) is 11.4 Å². The van der Waals surface area contributed by atoms with Crippen LogP contribution in [-0.4, -0.2) is 12.5 Å². The van der Waals surface area contributed by atoms with E-state index in [1.807, 2.05) is 13.8 Å². The van der Waals surface area contributed by atoms with Crippen molar-refractivity contribution in [3.63, 3.8) is 0 Å². The fourth-order valence-electron chi connectivity index (χ4n) is 1.75. The molecule has 0 aromatic heterocycles. The second kappa shape index (κ2) is 5.16. The molecule has 1 saturated carbocycles. The Bertz CT molecular complexity index is 259. The minimum atomic E-state index is -0.802. The molecule has 0 aromatic carbocycles. The minimum absolute atomic E-state index is 0.0874. The molecule has 0 aromatic rings. The third-order valence-electron chi connectivity index (χ3n) is 3.39. The van der Waals surface area contributed by atoms with Gasteiger partial charge in [-0.1, -0.05) is 26.7 Å². The lowest BCUT2D eigenvalue weighted by atomic mass is 9.83. The molecule has 1 aliphatic rings. The van der Waals surface area contributed by atoms with E-state index in [-0.39, 0.29) is 5.91 Å². The van der Waals surface area contributed by atoms with Crippen molar-refractivity contribution in [2.45, 2.75) is 46.0 Å². The number of rotatable bonds is 6. The maximum absolute atomic E-state index is 11.8. The molecule has 1 fully saturated rings. The molecule has 0 atom stereocenters. The Morgan fingerprint density at radius 2 is 2.07 bits per heavy atom. The monoisotopic (exact) mass is 208 g/mol. The molecule has 0 unspecified atom stereocenters. The summed E-state index contributed by atoms with van der Waals surface area (Å²) >= 11 is 0. The van der Waals surface area contributed by atoms with Gasteiger partial charge in [-0.2, -0.15) is 5.26 Å². The number of nitrogens with one attached hydrogen (secondary N) is 1. The Morgan fingerprint density at radius 1 is 1.47 bits per heavy atom. The third kappa shape index (κ3) is 2.95. The maximum Gasteiger partial charge on any atom is 0.240 e. The van der Waals surface area contributed by atoms with Crippen molar-refractivity contribution in [2.75, 3.05) is 6.54 Å². The van der Waals surface area contributed by atoms with Crippen LogP contribution in [0.15, 0.2) is 0 Å². The molecule has 84 valence electrons. The molecule has 1 aliphatic carbocycles. The second-order valence-corrected chi connectivity index (χ2v) is 4.39. The van der Waals surface area contributed by atoms with Crippen molar-refractivity contribution >= 4 is 5.91 Å². The van der Waals surface area contributed by atoms with Gasteiger partial charge in [0.1, 0.15) is 5.41 Å². The summed E-state index contributed by atoms with van der Waals surface area (Å²) < 4.78 is 0. The normalized spacial score (nSPS) is 15.8. The molecule has 1 N–H and O–H groups in total. The van der Waals surface area contributed by atoms with Crippen LogP contribution in [0, 0.1) is 22.7 Å². The average Bonchev–Trinajstić information content (AvgIpc) is 3.05. The van der Waals surface area contributed by atoms with Gasteiger partial charge in [-0.25, -0.2) is 0 Å². The summed E-state index contributed by atoms with van der Waals surface area (Å²) in [5, 5.41) is 11.9. The topological polar surface area (TPSA) is 52.9 Å². The zero-order valence-corrected chi connectivity index (χ0v) is 9.68. The van der Waals surface area contributed by atoms with Gasteiger partial charge in [0.05, 0.1) is 6.07 Å². The highest BCUT2D eigenvalue weighted by Gasteiger charge is 2.34. The van der Waals surface area contributed by atoms with Gasteiger partial charge in [0, 0.05) is 6.54 Å². The highest BCUT2D eigenvalue weighted by atomic mass is 16.2. The number of carbonyl (C=O) groups excluding carboxylic acids is 1. The van der Waals surface area contributed by atoms with Crippen LogP contribution < -0.4 is 5.32 Å².